The Morgan fingerprint density at radius 1 is 1.06 bits per heavy atom. The lowest BCUT2D eigenvalue weighted by Gasteiger charge is -2.36. The van der Waals surface area contributed by atoms with Gasteiger partial charge in [0.2, 0.25) is 0 Å². The van der Waals surface area contributed by atoms with Gasteiger partial charge in [-0.2, -0.15) is 0 Å². The lowest BCUT2D eigenvalue weighted by atomic mass is 10.0. The second-order valence-corrected chi connectivity index (χ2v) is 9.06. The summed E-state index contributed by atoms with van der Waals surface area (Å²) in [4.78, 5) is 26.9. The number of carbonyl (C=O) groups excluding carboxylic acids is 1. The smallest absolute Gasteiger partial charge is 0.253 e. The topological polar surface area (TPSA) is 58.6 Å². The summed E-state index contributed by atoms with van der Waals surface area (Å²) in [7, 11) is 1.68. The Bertz CT molecular complexity index is 1190. The minimum Gasteiger partial charge on any atom is -0.497 e. The van der Waals surface area contributed by atoms with Gasteiger partial charge in [0.1, 0.15) is 23.2 Å². The average molecular weight is 461 g/mol. The van der Waals surface area contributed by atoms with Crippen LogP contribution >= 0.6 is 0 Å². The van der Waals surface area contributed by atoms with E-state index < -0.39 is 0 Å². The van der Waals surface area contributed by atoms with E-state index in [1.165, 1.54) is 12.1 Å². The van der Waals surface area contributed by atoms with Gasteiger partial charge in [-0.15, -0.1) is 0 Å². The fourth-order valence-electron chi connectivity index (χ4n) is 4.48. The van der Waals surface area contributed by atoms with Crippen molar-refractivity contribution in [1.82, 2.24) is 14.9 Å². The van der Waals surface area contributed by atoms with Crippen LogP contribution in [-0.4, -0.2) is 54.1 Å². The summed E-state index contributed by atoms with van der Waals surface area (Å²) >= 11 is 0. The van der Waals surface area contributed by atoms with Crippen molar-refractivity contribution < 1.29 is 13.9 Å². The summed E-state index contributed by atoms with van der Waals surface area (Å²) in [5, 5.41) is 0. The van der Waals surface area contributed by atoms with Crippen LogP contribution in [0.5, 0.6) is 5.75 Å². The molecule has 0 radical (unpaired) electrons. The number of piperazine rings is 1. The van der Waals surface area contributed by atoms with Gasteiger partial charge in [0.15, 0.2) is 0 Å². The number of hydrogen-bond acceptors (Lipinski definition) is 5. The van der Waals surface area contributed by atoms with E-state index in [4.69, 9.17) is 14.7 Å². The molecule has 1 saturated heterocycles. The van der Waals surface area contributed by atoms with Crippen LogP contribution in [0.25, 0.3) is 0 Å². The van der Waals surface area contributed by atoms with Crippen LogP contribution in [0, 0.1) is 12.7 Å². The average Bonchev–Trinajstić information content (AvgIpc) is 3.71. The molecule has 3 aromatic rings. The number of rotatable bonds is 6. The van der Waals surface area contributed by atoms with Crippen LogP contribution < -0.4 is 9.64 Å². The largest absolute Gasteiger partial charge is 0.497 e. The molecule has 7 heteroatoms. The predicted octanol–water partition coefficient (Wildman–Crippen LogP) is 4.36. The summed E-state index contributed by atoms with van der Waals surface area (Å²) in [6, 6.07) is 13.9. The van der Waals surface area contributed by atoms with Crippen LogP contribution in [-0.2, 0) is 6.42 Å². The van der Waals surface area contributed by atoms with Crippen LogP contribution in [0.1, 0.15) is 51.8 Å². The highest BCUT2D eigenvalue weighted by molar-refractivity contribution is 5.94. The zero-order valence-corrected chi connectivity index (χ0v) is 19.6. The molecule has 0 N–H and O–H groups in total. The number of halogens is 1. The fraction of sp³-hybridized carbons (Fsp3) is 0.370. The summed E-state index contributed by atoms with van der Waals surface area (Å²) in [6.45, 7) is 4.64. The summed E-state index contributed by atoms with van der Waals surface area (Å²) < 4.78 is 18.6. The van der Waals surface area contributed by atoms with Crippen molar-refractivity contribution in [2.24, 2.45) is 0 Å². The first-order chi connectivity index (χ1) is 16.5. The Hall–Kier alpha value is -3.48. The van der Waals surface area contributed by atoms with Crippen molar-refractivity contribution in [2.45, 2.75) is 32.1 Å². The molecule has 0 bridgehead atoms. The Morgan fingerprint density at radius 2 is 1.79 bits per heavy atom. The number of aryl methyl sites for hydroxylation is 1. The summed E-state index contributed by atoms with van der Waals surface area (Å²) in [5.74, 6) is 2.81. The van der Waals surface area contributed by atoms with Gasteiger partial charge in [-0.05, 0) is 61.7 Å². The molecule has 2 aliphatic rings. The van der Waals surface area contributed by atoms with E-state index >= 15 is 0 Å². The standard InChI is InChI=1S/C27H29FN4O2/c1-18-24(17-19-4-3-5-23(16-19)34-2)26(30-25(29-18)20-6-7-20)31-12-14-32(15-13-31)27(33)21-8-10-22(28)11-9-21/h3-5,8-11,16,20H,6-7,12-15,17H2,1-2H3. The molecule has 5 rings (SSSR count). The molecule has 6 nitrogen and oxygen atoms in total. The van der Waals surface area contributed by atoms with E-state index in [2.05, 4.69) is 24.0 Å². The number of carbonyl (C=O) groups is 1. The molecule has 0 unspecified atom stereocenters. The van der Waals surface area contributed by atoms with Gasteiger partial charge >= 0.3 is 0 Å². The van der Waals surface area contributed by atoms with E-state index in [0.717, 1.165) is 53.5 Å². The maximum Gasteiger partial charge on any atom is 0.253 e. The highest BCUT2D eigenvalue weighted by atomic mass is 19.1. The van der Waals surface area contributed by atoms with E-state index in [-0.39, 0.29) is 11.7 Å². The fourth-order valence-corrected chi connectivity index (χ4v) is 4.48. The number of aromatic nitrogens is 2. The normalized spacial score (nSPS) is 16.0. The molecule has 2 heterocycles. The highest BCUT2D eigenvalue weighted by Crippen LogP contribution is 2.39. The quantitative estimate of drug-likeness (QED) is 0.547. The number of benzene rings is 2. The Labute approximate surface area is 199 Å². The third-order valence-electron chi connectivity index (χ3n) is 6.62. The van der Waals surface area contributed by atoms with Crippen LogP contribution in [0.15, 0.2) is 48.5 Å². The predicted molar refractivity (Wildman–Crippen MR) is 129 cm³/mol. The van der Waals surface area contributed by atoms with Gasteiger partial charge < -0.3 is 14.5 Å². The first kappa shape index (κ1) is 22.3. The molecule has 2 fully saturated rings. The van der Waals surface area contributed by atoms with Crippen LogP contribution in [0.4, 0.5) is 10.2 Å². The minimum absolute atomic E-state index is 0.0613. The molecular formula is C27H29FN4O2. The van der Waals surface area contributed by atoms with Crippen LogP contribution in [0.2, 0.25) is 0 Å². The van der Waals surface area contributed by atoms with E-state index in [9.17, 15) is 9.18 Å². The number of anilines is 1. The van der Waals surface area contributed by atoms with Gasteiger partial charge in [0, 0.05) is 55.3 Å². The third kappa shape index (κ3) is 4.74. The maximum atomic E-state index is 13.2. The third-order valence-corrected chi connectivity index (χ3v) is 6.62. The second kappa shape index (κ2) is 9.41. The first-order valence-electron chi connectivity index (χ1n) is 11.8. The lowest BCUT2D eigenvalue weighted by molar-refractivity contribution is 0.0746. The van der Waals surface area contributed by atoms with Crippen molar-refractivity contribution in [1.29, 1.82) is 0 Å². The minimum atomic E-state index is -0.337. The number of ether oxygens (including phenoxy) is 1. The molecule has 1 aliphatic carbocycles. The molecule has 0 atom stereocenters. The van der Waals surface area contributed by atoms with Gasteiger partial charge in [-0.3, -0.25) is 4.79 Å². The molecule has 176 valence electrons. The molecule has 34 heavy (non-hydrogen) atoms. The van der Waals surface area contributed by atoms with Gasteiger partial charge in [0.25, 0.3) is 5.91 Å². The second-order valence-electron chi connectivity index (χ2n) is 9.06. The van der Waals surface area contributed by atoms with Crippen molar-refractivity contribution in [3.63, 3.8) is 0 Å². The molecule has 1 aliphatic heterocycles. The van der Waals surface area contributed by atoms with Gasteiger partial charge in [0.05, 0.1) is 7.11 Å². The monoisotopic (exact) mass is 460 g/mol. The first-order valence-corrected chi connectivity index (χ1v) is 11.8. The zero-order valence-electron chi connectivity index (χ0n) is 19.6. The number of amides is 1. The highest BCUT2D eigenvalue weighted by Gasteiger charge is 2.30. The van der Waals surface area contributed by atoms with Gasteiger partial charge in [-0.25, -0.2) is 14.4 Å². The molecule has 2 aromatic carbocycles. The molecular weight excluding hydrogens is 431 g/mol. The van der Waals surface area contributed by atoms with Crippen molar-refractivity contribution in [2.75, 3.05) is 38.2 Å². The summed E-state index contributed by atoms with van der Waals surface area (Å²) in [5.41, 5.74) is 3.80. The Kier molecular flexibility index (Phi) is 6.18. The Balaban J connectivity index is 1.38. The van der Waals surface area contributed by atoms with E-state index in [0.29, 0.717) is 37.7 Å². The molecule has 0 spiro atoms. The van der Waals surface area contributed by atoms with E-state index in [1.54, 1.807) is 19.2 Å². The summed E-state index contributed by atoms with van der Waals surface area (Å²) in [6.07, 6.45) is 3.01. The van der Waals surface area contributed by atoms with E-state index in [1.807, 2.05) is 17.0 Å². The SMILES string of the molecule is COc1cccc(Cc2c(C)nc(C3CC3)nc2N2CCN(C(=O)c3ccc(F)cc3)CC2)c1. The van der Waals surface area contributed by atoms with Crippen molar-refractivity contribution >= 4 is 11.7 Å². The maximum absolute atomic E-state index is 13.2. The Morgan fingerprint density at radius 3 is 2.47 bits per heavy atom. The van der Waals surface area contributed by atoms with Gasteiger partial charge in [-0.1, -0.05) is 12.1 Å². The molecule has 1 amide bonds. The van der Waals surface area contributed by atoms with Crippen molar-refractivity contribution in [3.8, 4) is 5.75 Å². The number of methoxy groups -OCH3 is 1. The molecule has 1 aromatic heterocycles. The lowest BCUT2D eigenvalue weighted by Crippen LogP contribution is -2.49. The number of hydrogen-bond donors (Lipinski definition) is 0. The number of nitrogens with zero attached hydrogens (tertiary/aromatic N) is 4. The zero-order chi connectivity index (χ0) is 23.7. The molecule has 1 saturated carbocycles. The van der Waals surface area contributed by atoms with Crippen molar-refractivity contribution in [3.05, 3.63) is 82.6 Å². The van der Waals surface area contributed by atoms with Crippen LogP contribution in [0.3, 0.4) is 0 Å².